The van der Waals surface area contributed by atoms with Gasteiger partial charge in [0.05, 0.1) is 6.07 Å². The van der Waals surface area contributed by atoms with Gasteiger partial charge in [0.2, 0.25) is 0 Å². The van der Waals surface area contributed by atoms with Gasteiger partial charge in [-0.3, -0.25) is 0 Å². The summed E-state index contributed by atoms with van der Waals surface area (Å²) in [6.45, 7) is 0. The largest absolute Gasteiger partial charge is 0.242 e. The maximum Gasteiger partial charge on any atom is 0.125 e. The third-order valence-electron chi connectivity index (χ3n) is 5.30. The van der Waals surface area contributed by atoms with Crippen molar-refractivity contribution >= 4 is 6.08 Å². The predicted molar refractivity (Wildman–Crippen MR) is 86.1 cm³/mol. The summed E-state index contributed by atoms with van der Waals surface area (Å²) in [6, 6.07) is 8.24. The number of alkyl halides is 1. The molecule has 0 bridgehead atoms. The van der Waals surface area contributed by atoms with Crippen molar-refractivity contribution in [2.24, 2.45) is 0 Å². The van der Waals surface area contributed by atoms with Crippen LogP contribution in [0, 0.1) is 11.3 Å². The summed E-state index contributed by atoms with van der Waals surface area (Å²) in [4.78, 5) is 0. The van der Waals surface area contributed by atoms with Gasteiger partial charge in [-0.05, 0) is 59.6 Å². The van der Waals surface area contributed by atoms with E-state index < -0.39 is 17.4 Å². The quantitative estimate of drug-likeness (QED) is 0.708. The van der Waals surface area contributed by atoms with Gasteiger partial charge in [-0.25, -0.2) is 8.78 Å². The van der Waals surface area contributed by atoms with Crippen LogP contribution in [-0.4, -0.2) is 6.17 Å². The average Bonchev–Trinajstić information content (AvgIpc) is 3.03. The molecule has 4 rings (SSSR count). The van der Waals surface area contributed by atoms with Gasteiger partial charge in [-0.15, -0.1) is 0 Å². The molecule has 0 heterocycles. The average molecular weight is 309 g/mol. The molecule has 116 valence electrons. The molecular formula is C20H17F2N. The van der Waals surface area contributed by atoms with E-state index in [1.165, 1.54) is 6.08 Å². The van der Waals surface area contributed by atoms with E-state index in [2.05, 4.69) is 12.1 Å². The number of nitrogens with zero attached hydrogens (tertiary/aromatic N) is 1. The van der Waals surface area contributed by atoms with Crippen LogP contribution >= 0.6 is 0 Å². The summed E-state index contributed by atoms with van der Waals surface area (Å²) in [5, 5.41) is 10.0. The van der Waals surface area contributed by atoms with Crippen LogP contribution in [0.1, 0.15) is 42.4 Å². The van der Waals surface area contributed by atoms with Gasteiger partial charge < -0.3 is 0 Å². The molecule has 0 fully saturated rings. The zero-order chi connectivity index (χ0) is 16.0. The van der Waals surface area contributed by atoms with Crippen molar-refractivity contribution in [1.82, 2.24) is 0 Å². The van der Waals surface area contributed by atoms with Crippen LogP contribution in [0.4, 0.5) is 8.78 Å². The number of rotatable bonds is 1. The highest BCUT2D eigenvalue weighted by Gasteiger charge is 2.45. The van der Waals surface area contributed by atoms with Gasteiger partial charge in [0.15, 0.2) is 0 Å². The number of benzene rings is 1. The lowest BCUT2D eigenvalue weighted by molar-refractivity contribution is 0.325. The molecule has 0 saturated carbocycles. The van der Waals surface area contributed by atoms with Gasteiger partial charge in [-0.1, -0.05) is 30.4 Å². The lowest BCUT2D eigenvalue weighted by Crippen LogP contribution is -2.34. The highest BCUT2D eigenvalue weighted by atomic mass is 19.1. The van der Waals surface area contributed by atoms with Gasteiger partial charge in [0, 0.05) is 6.42 Å². The van der Waals surface area contributed by atoms with Crippen LogP contribution in [0.15, 0.2) is 47.3 Å². The number of nitriles is 1. The fourth-order valence-corrected chi connectivity index (χ4v) is 4.25. The summed E-state index contributed by atoms with van der Waals surface area (Å²) in [7, 11) is 0. The molecular weight excluding hydrogens is 292 g/mol. The molecule has 1 aromatic rings. The van der Waals surface area contributed by atoms with Crippen LogP contribution in [0.5, 0.6) is 0 Å². The third-order valence-corrected chi connectivity index (χ3v) is 5.30. The summed E-state index contributed by atoms with van der Waals surface area (Å²) >= 11 is 0. The minimum Gasteiger partial charge on any atom is -0.242 e. The fraction of sp³-hybridized carbons (Fsp3) is 0.350. The van der Waals surface area contributed by atoms with Crippen LogP contribution in [0.25, 0.3) is 6.08 Å². The standard InChI is InChI=1S/C20H17F2N/c21-14-10-16-18(8-3-9-19(16)22)20(11-14,12-23)17-7-2-5-13-4-1-6-15(13)17/h1-2,5-7,10,19H,3-4,8-9,11H2. The van der Waals surface area contributed by atoms with E-state index in [9.17, 15) is 14.0 Å². The molecule has 0 saturated heterocycles. The second-order valence-corrected chi connectivity index (χ2v) is 6.56. The number of fused-ring (bicyclic) bond motifs is 1. The Morgan fingerprint density at radius 1 is 1.30 bits per heavy atom. The second-order valence-electron chi connectivity index (χ2n) is 6.56. The van der Waals surface area contributed by atoms with Crippen molar-refractivity contribution in [3.8, 4) is 6.07 Å². The molecule has 0 aliphatic heterocycles. The van der Waals surface area contributed by atoms with E-state index in [4.69, 9.17) is 0 Å². The zero-order valence-electron chi connectivity index (χ0n) is 12.8. The van der Waals surface area contributed by atoms with E-state index >= 15 is 0 Å². The Morgan fingerprint density at radius 2 is 2.17 bits per heavy atom. The first-order valence-electron chi connectivity index (χ1n) is 8.09. The summed E-state index contributed by atoms with van der Waals surface area (Å²) in [5.74, 6) is -0.394. The van der Waals surface area contributed by atoms with Crippen molar-refractivity contribution in [2.45, 2.75) is 43.7 Å². The Balaban J connectivity index is 1.98. The molecule has 23 heavy (non-hydrogen) atoms. The topological polar surface area (TPSA) is 23.8 Å². The predicted octanol–water partition coefficient (Wildman–Crippen LogP) is 5.09. The molecule has 0 amide bonds. The number of halogens is 2. The molecule has 0 N–H and O–H groups in total. The van der Waals surface area contributed by atoms with E-state index in [-0.39, 0.29) is 6.42 Å². The summed E-state index contributed by atoms with van der Waals surface area (Å²) < 4.78 is 28.7. The molecule has 1 nitrogen and oxygen atoms in total. The van der Waals surface area contributed by atoms with Gasteiger partial charge in [0.1, 0.15) is 17.4 Å². The zero-order valence-corrected chi connectivity index (χ0v) is 12.8. The van der Waals surface area contributed by atoms with Gasteiger partial charge >= 0.3 is 0 Å². The second kappa shape index (κ2) is 5.16. The fourth-order valence-electron chi connectivity index (χ4n) is 4.25. The molecule has 1 aromatic carbocycles. The summed E-state index contributed by atoms with van der Waals surface area (Å²) in [5.41, 5.74) is 3.11. The molecule has 3 heteroatoms. The smallest absolute Gasteiger partial charge is 0.125 e. The Hall–Kier alpha value is -2.21. The van der Waals surface area contributed by atoms with Crippen LogP contribution in [0.2, 0.25) is 0 Å². The number of hydrogen-bond donors (Lipinski definition) is 0. The highest BCUT2D eigenvalue weighted by molar-refractivity contribution is 5.69. The first kappa shape index (κ1) is 14.4. The Bertz CT molecular complexity index is 809. The first-order chi connectivity index (χ1) is 11.2. The summed E-state index contributed by atoms with van der Waals surface area (Å²) in [6.07, 6.45) is 6.87. The normalized spacial score (nSPS) is 28.9. The Morgan fingerprint density at radius 3 is 3.00 bits per heavy atom. The molecule has 3 aliphatic rings. The highest BCUT2D eigenvalue weighted by Crippen LogP contribution is 2.50. The minimum atomic E-state index is -1.16. The molecule has 2 unspecified atom stereocenters. The third kappa shape index (κ3) is 2.01. The Labute approximate surface area is 134 Å². The van der Waals surface area contributed by atoms with E-state index in [0.29, 0.717) is 24.8 Å². The van der Waals surface area contributed by atoms with E-state index in [1.54, 1.807) is 0 Å². The van der Waals surface area contributed by atoms with Crippen LogP contribution in [-0.2, 0) is 11.8 Å². The molecule has 3 aliphatic carbocycles. The molecule has 2 atom stereocenters. The van der Waals surface area contributed by atoms with Gasteiger partial charge in [0.25, 0.3) is 0 Å². The Kier molecular flexibility index (Phi) is 3.23. The number of allylic oxidation sites excluding steroid dienone is 5. The van der Waals surface area contributed by atoms with Gasteiger partial charge in [-0.2, -0.15) is 5.26 Å². The van der Waals surface area contributed by atoms with Crippen molar-refractivity contribution in [1.29, 1.82) is 5.26 Å². The number of hydrogen-bond acceptors (Lipinski definition) is 1. The van der Waals surface area contributed by atoms with Crippen LogP contribution < -0.4 is 0 Å². The van der Waals surface area contributed by atoms with Crippen LogP contribution in [0.3, 0.4) is 0 Å². The van der Waals surface area contributed by atoms with Crippen molar-refractivity contribution in [3.05, 3.63) is 64.0 Å². The van der Waals surface area contributed by atoms with E-state index in [0.717, 1.165) is 28.7 Å². The SMILES string of the molecule is N#CC1(c2cccc3c2C=CC3)CC(F)=CC2=C1CCCC2F. The maximum absolute atomic E-state index is 14.4. The van der Waals surface area contributed by atoms with Crippen molar-refractivity contribution in [3.63, 3.8) is 0 Å². The van der Waals surface area contributed by atoms with Crippen molar-refractivity contribution < 1.29 is 8.78 Å². The monoisotopic (exact) mass is 309 g/mol. The first-order valence-corrected chi connectivity index (χ1v) is 8.09. The lowest BCUT2D eigenvalue weighted by atomic mass is 9.63. The minimum absolute atomic E-state index is 0.0132. The molecule has 0 aromatic heterocycles. The molecule has 0 radical (unpaired) electrons. The lowest BCUT2D eigenvalue weighted by Gasteiger charge is -2.38. The maximum atomic E-state index is 14.4. The van der Waals surface area contributed by atoms with Crippen molar-refractivity contribution in [2.75, 3.05) is 0 Å². The van der Waals surface area contributed by atoms with E-state index in [1.807, 2.05) is 24.3 Å². The molecule has 0 spiro atoms.